The van der Waals surface area contributed by atoms with Crippen LogP contribution in [0.5, 0.6) is 0 Å². The van der Waals surface area contributed by atoms with Gasteiger partial charge in [0.2, 0.25) is 0 Å². The Hall–Kier alpha value is -2.63. The van der Waals surface area contributed by atoms with Gasteiger partial charge in [-0.2, -0.15) is 5.10 Å². The van der Waals surface area contributed by atoms with Gasteiger partial charge in [0.1, 0.15) is 0 Å². The van der Waals surface area contributed by atoms with Crippen molar-refractivity contribution in [2.75, 3.05) is 13.1 Å². The molecular formula is C21H27N3O3. The maximum absolute atomic E-state index is 12.9. The summed E-state index contributed by atoms with van der Waals surface area (Å²) in [6, 6.07) is 7.20. The van der Waals surface area contributed by atoms with Crippen molar-refractivity contribution in [1.82, 2.24) is 14.7 Å². The third-order valence-corrected chi connectivity index (χ3v) is 5.29. The van der Waals surface area contributed by atoms with Crippen LogP contribution >= 0.6 is 0 Å². The largest absolute Gasteiger partial charge is 0.478 e. The number of nitrogens with zero attached hydrogens (tertiary/aromatic N) is 3. The summed E-state index contributed by atoms with van der Waals surface area (Å²) in [4.78, 5) is 26.2. The summed E-state index contributed by atoms with van der Waals surface area (Å²) in [6.45, 7) is 5.49. The average molecular weight is 369 g/mol. The second-order valence-electron chi connectivity index (χ2n) is 7.66. The quantitative estimate of drug-likeness (QED) is 0.877. The predicted octanol–water partition coefficient (Wildman–Crippen LogP) is 3.34. The predicted molar refractivity (Wildman–Crippen MR) is 103 cm³/mol. The van der Waals surface area contributed by atoms with Crippen molar-refractivity contribution in [2.24, 2.45) is 13.0 Å². The SMILES string of the molecule is CC(C)c1nn(C)cc1C(=O)N1CCC(Cc2ccccc2C(=O)O)CC1. The van der Waals surface area contributed by atoms with E-state index in [9.17, 15) is 14.7 Å². The molecule has 1 aromatic heterocycles. The third-order valence-electron chi connectivity index (χ3n) is 5.29. The first-order valence-electron chi connectivity index (χ1n) is 9.50. The Balaban J connectivity index is 1.64. The van der Waals surface area contributed by atoms with Gasteiger partial charge in [-0.3, -0.25) is 9.48 Å². The molecule has 1 N–H and O–H groups in total. The van der Waals surface area contributed by atoms with Gasteiger partial charge in [0.15, 0.2) is 0 Å². The first-order valence-corrected chi connectivity index (χ1v) is 9.50. The molecule has 0 atom stereocenters. The van der Waals surface area contributed by atoms with Crippen LogP contribution in [0.25, 0.3) is 0 Å². The van der Waals surface area contributed by atoms with Crippen LogP contribution in [0.4, 0.5) is 0 Å². The Morgan fingerprint density at radius 3 is 2.48 bits per heavy atom. The number of hydrogen-bond acceptors (Lipinski definition) is 3. The van der Waals surface area contributed by atoms with E-state index in [0.717, 1.165) is 30.5 Å². The normalized spacial score (nSPS) is 15.3. The number of carbonyl (C=O) groups is 2. The lowest BCUT2D eigenvalue weighted by Crippen LogP contribution is -2.39. The molecular weight excluding hydrogens is 342 g/mol. The maximum atomic E-state index is 12.9. The number of carboxylic acids is 1. The third kappa shape index (κ3) is 4.21. The maximum Gasteiger partial charge on any atom is 0.335 e. The topological polar surface area (TPSA) is 75.4 Å². The minimum atomic E-state index is -0.879. The Morgan fingerprint density at radius 1 is 1.19 bits per heavy atom. The lowest BCUT2D eigenvalue weighted by atomic mass is 9.88. The fraction of sp³-hybridized carbons (Fsp3) is 0.476. The molecule has 1 amide bonds. The fourth-order valence-electron chi connectivity index (χ4n) is 3.83. The number of aromatic nitrogens is 2. The second-order valence-corrected chi connectivity index (χ2v) is 7.66. The Labute approximate surface area is 159 Å². The lowest BCUT2D eigenvalue weighted by molar-refractivity contribution is 0.0689. The van der Waals surface area contributed by atoms with Gasteiger partial charge in [-0.1, -0.05) is 32.0 Å². The standard InChI is InChI=1S/C21H27N3O3/c1-14(2)19-18(13-23(3)22-19)20(25)24-10-8-15(9-11-24)12-16-6-4-5-7-17(16)21(26)27/h4-7,13-15H,8-12H2,1-3H3,(H,26,27). The summed E-state index contributed by atoms with van der Waals surface area (Å²) in [5, 5.41) is 13.8. The lowest BCUT2D eigenvalue weighted by Gasteiger charge is -2.32. The number of hydrogen-bond donors (Lipinski definition) is 1. The molecule has 1 saturated heterocycles. The van der Waals surface area contributed by atoms with E-state index in [4.69, 9.17) is 0 Å². The zero-order chi connectivity index (χ0) is 19.6. The van der Waals surface area contributed by atoms with Gasteiger partial charge in [-0.05, 0) is 42.7 Å². The molecule has 0 radical (unpaired) electrons. The number of carboxylic acid groups (broad SMARTS) is 1. The monoisotopic (exact) mass is 369 g/mol. The van der Waals surface area contributed by atoms with Gasteiger partial charge in [0.25, 0.3) is 5.91 Å². The fourth-order valence-corrected chi connectivity index (χ4v) is 3.83. The summed E-state index contributed by atoms with van der Waals surface area (Å²) in [7, 11) is 1.84. The molecule has 1 aliphatic heterocycles. The van der Waals surface area contributed by atoms with Crippen LogP contribution in [-0.4, -0.2) is 44.8 Å². The minimum absolute atomic E-state index is 0.0520. The molecule has 2 aromatic rings. The highest BCUT2D eigenvalue weighted by Gasteiger charge is 2.27. The molecule has 6 nitrogen and oxygen atoms in total. The van der Waals surface area contributed by atoms with Gasteiger partial charge in [0.05, 0.1) is 16.8 Å². The molecule has 0 unspecified atom stereocenters. The number of aryl methyl sites for hydroxylation is 1. The van der Waals surface area contributed by atoms with Crippen LogP contribution in [0.3, 0.4) is 0 Å². The minimum Gasteiger partial charge on any atom is -0.478 e. The van der Waals surface area contributed by atoms with Gasteiger partial charge in [-0.25, -0.2) is 4.79 Å². The van der Waals surface area contributed by atoms with Crippen molar-refractivity contribution in [3.8, 4) is 0 Å². The van der Waals surface area contributed by atoms with Gasteiger partial charge >= 0.3 is 5.97 Å². The zero-order valence-electron chi connectivity index (χ0n) is 16.2. The Bertz CT molecular complexity index is 833. The molecule has 3 rings (SSSR count). The molecule has 27 heavy (non-hydrogen) atoms. The number of likely N-dealkylation sites (tertiary alicyclic amines) is 1. The number of carbonyl (C=O) groups excluding carboxylic acids is 1. The smallest absolute Gasteiger partial charge is 0.335 e. The molecule has 1 fully saturated rings. The summed E-state index contributed by atoms with van der Waals surface area (Å²) >= 11 is 0. The van der Waals surface area contributed by atoms with Crippen LogP contribution in [0.15, 0.2) is 30.5 Å². The zero-order valence-corrected chi connectivity index (χ0v) is 16.2. The van der Waals surface area contributed by atoms with Crippen molar-refractivity contribution in [1.29, 1.82) is 0 Å². The molecule has 1 aliphatic rings. The van der Waals surface area contributed by atoms with Crippen molar-refractivity contribution in [3.63, 3.8) is 0 Å². The van der Waals surface area contributed by atoms with Crippen LogP contribution in [0, 0.1) is 5.92 Å². The Morgan fingerprint density at radius 2 is 1.85 bits per heavy atom. The van der Waals surface area contributed by atoms with E-state index in [-0.39, 0.29) is 11.8 Å². The molecule has 0 saturated carbocycles. The van der Waals surface area contributed by atoms with Gasteiger partial charge < -0.3 is 10.0 Å². The first kappa shape index (κ1) is 19.1. The second kappa shape index (κ2) is 7.94. The highest BCUT2D eigenvalue weighted by molar-refractivity contribution is 5.95. The number of piperidine rings is 1. The van der Waals surface area contributed by atoms with Crippen molar-refractivity contribution < 1.29 is 14.7 Å². The van der Waals surface area contributed by atoms with Crippen LogP contribution < -0.4 is 0 Å². The van der Waals surface area contributed by atoms with E-state index < -0.39 is 5.97 Å². The highest BCUT2D eigenvalue weighted by atomic mass is 16.4. The number of benzene rings is 1. The molecule has 6 heteroatoms. The van der Waals surface area contributed by atoms with E-state index in [1.54, 1.807) is 16.8 Å². The van der Waals surface area contributed by atoms with E-state index in [0.29, 0.717) is 30.1 Å². The van der Waals surface area contributed by atoms with Crippen molar-refractivity contribution >= 4 is 11.9 Å². The average Bonchev–Trinajstić information content (AvgIpc) is 3.04. The number of amides is 1. The van der Waals surface area contributed by atoms with Gasteiger partial charge in [0, 0.05) is 26.3 Å². The highest BCUT2D eigenvalue weighted by Crippen LogP contribution is 2.26. The molecule has 144 valence electrons. The summed E-state index contributed by atoms with van der Waals surface area (Å²) in [6.07, 6.45) is 4.33. The molecule has 0 bridgehead atoms. The Kier molecular flexibility index (Phi) is 5.63. The summed E-state index contributed by atoms with van der Waals surface area (Å²) in [5.41, 5.74) is 2.80. The van der Waals surface area contributed by atoms with E-state index in [2.05, 4.69) is 5.10 Å². The number of aromatic carboxylic acids is 1. The summed E-state index contributed by atoms with van der Waals surface area (Å²) in [5.74, 6) is -0.226. The van der Waals surface area contributed by atoms with Crippen molar-refractivity contribution in [3.05, 3.63) is 52.8 Å². The van der Waals surface area contributed by atoms with Crippen LogP contribution in [0.2, 0.25) is 0 Å². The van der Waals surface area contributed by atoms with Crippen LogP contribution in [-0.2, 0) is 13.5 Å². The van der Waals surface area contributed by atoms with E-state index >= 15 is 0 Å². The first-order chi connectivity index (χ1) is 12.9. The molecule has 1 aromatic carbocycles. The summed E-state index contributed by atoms with van der Waals surface area (Å²) < 4.78 is 1.71. The van der Waals surface area contributed by atoms with Gasteiger partial charge in [-0.15, -0.1) is 0 Å². The van der Waals surface area contributed by atoms with E-state index in [1.165, 1.54) is 0 Å². The molecule has 0 aliphatic carbocycles. The number of rotatable bonds is 5. The molecule has 2 heterocycles. The van der Waals surface area contributed by atoms with Crippen molar-refractivity contribution in [2.45, 2.75) is 39.0 Å². The van der Waals surface area contributed by atoms with Crippen LogP contribution in [0.1, 0.15) is 64.6 Å². The van der Waals surface area contributed by atoms with E-state index in [1.807, 2.05) is 44.1 Å². The molecule has 0 spiro atoms.